The van der Waals surface area contributed by atoms with Crippen molar-refractivity contribution in [1.29, 1.82) is 0 Å². The molecule has 0 atom stereocenters. The van der Waals surface area contributed by atoms with E-state index < -0.39 is 5.97 Å². The lowest BCUT2D eigenvalue weighted by atomic mass is 10.1. The molecule has 0 fully saturated rings. The second-order valence-corrected chi connectivity index (χ2v) is 7.31. The van der Waals surface area contributed by atoms with Crippen LogP contribution < -0.4 is 0 Å². The highest BCUT2D eigenvalue weighted by Crippen LogP contribution is 2.29. The van der Waals surface area contributed by atoms with Crippen LogP contribution >= 0.6 is 38.9 Å². The Morgan fingerprint density at radius 2 is 2.24 bits per heavy atom. The number of hydrogen-bond donors (Lipinski definition) is 0. The maximum atomic E-state index is 11.9. The minimum Gasteiger partial charge on any atom is -0.465 e. The van der Waals surface area contributed by atoms with Gasteiger partial charge in [0.25, 0.3) is 0 Å². The third-order valence-corrected chi connectivity index (χ3v) is 5.03. The van der Waals surface area contributed by atoms with Crippen LogP contribution in [-0.2, 0) is 11.3 Å². The maximum Gasteiger partial charge on any atom is 0.340 e. The first-order chi connectivity index (χ1) is 10.1. The molecule has 3 rings (SSSR count). The Labute approximate surface area is 138 Å². The number of esters is 1. The van der Waals surface area contributed by atoms with Gasteiger partial charge < -0.3 is 4.74 Å². The number of hydrogen-bond acceptors (Lipinski definition) is 4. The van der Waals surface area contributed by atoms with Crippen molar-refractivity contribution in [2.24, 2.45) is 0 Å². The molecule has 0 aliphatic heterocycles. The number of thiophene rings is 1. The summed E-state index contributed by atoms with van der Waals surface area (Å²) in [6.07, 6.45) is 1.67. The van der Waals surface area contributed by atoms with E-state index in [-0.39, 0.29) is 0 Å². The summed E-state index contributed by atoms with van der Waals surface area (Å²) in [6.45, 7) is 0.574. The lowest BCUT2D eigenvalue weighted by Crippen LogP contribution is -2.07. The molecule has 108 valence electrons. The van der Waals surface area contributed by atoms with E-state index >= 15 is 0 Å². The number of rotatable bonds is 3. The van der Waals surface area contributed by atoms with Gasteiger partial charge in [0.1, 0.15) is 0 Å². The predicted molar refractivity (Wildman–Crippen MR) is 87.2 cm³/mol. The Bertz CT molecular complexity index is 828. The molecule has 0 aliphatic carbocycles. The third-order valence-electron chi connectivity index (χ3n) is 3.09. The number of methoxy groups -OCH3 is 1. The van der Waals surface area contributed by atoms with E-state index in [0.717, 1.165) is 14.0 Å². The zero-order chi connectivity index (χ0) is 15.0. The van der Waals surface area contributed by atoms with Gasteiger partial charge in [0.05, 0.1) is 39.7 Å². The van der Waals surface area contributed by atoms with Gasteiger partial charge in [-0.2, -0.15) is 5.10 Å². The quantitative estimate of drug-likeness (QED) is 0.630. The molecular weight excluding hydrogens is 376 g/mol. The molecule has 0 radical (unpaired) electrons. The number of aromatic nitrogens is 2. The lowest BCUT2D eigenvalue weighted by molar-refractivity contribution is 0.0602. The van der Waals surface area contributed by atoms with Crippen LogP contribution in [0.2, 0.25) is 5.02 Å². The second kappa shape index (κ2) is 5.79. The molecule has 2 heterocycles. The molecule has 21 heavy (non-hydrogen) atoms. The molecule has 0 bridgehead atoms. The van der Waals surface area contributed by atoms with Crippen molar-refractivity contribution in [3.8, 4) is 0 Å². The lowest BCUT2D eigenvalue weighted by Gasteiger charge is -2.07. The number of carbonyl (C=O) groups is 1. The number of carbonyl (C=O) groups excluding carboxylic acids is 1. The van der Waals surface area contributed by atoms with E-state index in [2.05, 4.69) is 21.0 Å². The molecule has 0 amide bonds. The van der Waals surface area contributed by atoms with E-state index in [1.54, 1.807) is 34.3 Å². The Kier molecular flexibility index (Phi) is 4.01. The third kappa shape index (κ3) is 2.71. The van der Waals surface area contributed by atoms with Crippen molar-refractivity contribution in [2.45, 2.75) is 6.54 Å². The van der Waals surface area contributed by atoms with Crippen molar-refractivity contribution in [3.63, 3.8) is 0 Å². The molecule has 0 aliphatic rings. The zero-order valence-corrected chi connectivity index (χ0v) is 14.1. The Morgan fingerprint density at radius 3 is 2.90 bits per heavy atom. The summed E-state index contributed by atoms with van der Waals surface area (Å²) in [5, 5.41) is 5.67. The first-order valence-corrected chi connectivity index (χ1v) is 8.05. The van der Waals surface area contributed by atoms with Gasteiger partial charge in [-0.05, 0) is 40.2 Å². The van der Waals surface area contributed by atoms with E-state index in [9.17, 15) is 4.79 Å². The number of benzene rings is 1. The fourth-order valence-corrected chi connectivity index (χ4v) is 3.82. The summed E-state index contributed by atoms with van der Waals surface area (Å²) in [5.74, 6) is -0.397. The van der Waals surface area contributed by atoms with Crippen molar-refractivity contribution in [3.05, 3.63) is 49.7 Å². The predicted octanol–water partition coefficient (Wildman–Crippen LogP) is 4.35. The number of halogens is 2. The normalized spacial score (nSPS) is 11.0. The number of fused-ring (bicyclic) bond motifs is 1. The molecule has 4 nitrogen and oxygen atoms in total. The Balaban J connectivity index is 2.14. The summed E-state index contributed by atoms with van der Waals surface area (Å²) < 4.78 is 7.66. The van der Waals surface area contributed by atoms with Gasteiger partial charge in [-0.15, -0.1) is 11.3 Å². The average molecular weight is 386 g/mol. The van der Waals surface area contributed by atoms with Crippen LogP contribution in [0.4, 0.5) is 0 Å². The smallest absolute Gasteiger partial charge is 0.340 e. The summed E-state index contributed by atoms with van der Waals surface area (Å²) >= 11 is 11.3. The van der Waals surface area contributed by atoms with Crippen molar-refractivity contribution < 1.29 is 9.53 Å². The summed E-state index contributed by atoms with van der Waals surface area (Å²) in [6, 6.07) is 7.35. The van der Waals surface area contributed by atoms with Crippen LogP contribution in [0.15, 0.2) is 34.2 Å². The first kappa shape index (κ1) is 14.6. The second-order valence-electron chi connectivity index (χ2n) is 4.36. The minimum atomic E-state index is -0.397. The Hall–Kier alpha value is -1.37. The molecule has 2 aromatic heterocycles. The van der Waals surface area contributed by atoms with Crippen LogP contribution in [-0.4, -0.2) is 22.9 Å². The van der Waals surface area contributed by atoms with E-state index in [4.69, 9.17) is 16.3 Å². The highest BCUT2D eigenvalue weighted by Gasteiger charge is 2.17. The van der Waals surface area contributed by atoms with Crippen molar-refractivity contribution in [2.75, 3.05) is 7.11 Å². The number of ether oxygens (including phenoxy) is 1. The van der Waals surface area contributed by atoms with Crippen LogP contribution in [0.25, 0.3) is 10.9 Å². The zero-order valence-electron chi connectivity index (χ0n) is 11.0. The highest BCUT2D eigenvalue weighted by molar-refractivity contribution is 9.11. The Morgan fingerprint density at radius 1 is 1.43 bits per heavy atom. The summed E-state index contributed by atoms with van der Waals surface area (Å²) in [5.41, 5.74) is 1.16. The fraction of sp³-hybridized carbons (Fsp3) is 0.143. The minimum absolute atomic E-state index is 0.397. The molecule has 0 spiro atoms. The highest BCUT2D eigenvalue weighted by atomic mass is 79.9. The van der Waals surface area contributed by atoms with Crippen molar-refractivity contribution >= 4 is 55.7 Å². The maximum absolute atomic E-state index is 11.9. The largest absolute Gasteiger partial charge is 0.465 e. The standard InChI is InChI=1S/C14H10BrClN2O2S/c1-20-14(19)9-3-4-11(16)10-6-17-18(13(9)10)7-8-2-5-12(15)21-8/h2-6H,7H2,1H3. The summed E-state index contributed by atoms with van der Waals surface area (Å²) in [4.78, 5) is 13.1. The molecule has 0 saturated heterocycles. The molecule has 0 N–H and O–H groups in total. The fourth-order valence-electron chi connectivity index (χ4n) is 2.15. The van der Waals surface area contributed by atoms with Crippen molar-refractivity contribution in [1.82, 2.24) is 9.78 Å². The number of nitrogens with zero attached hydrogens (tertiary/aromatic N) is 2. The van der Waals surface area contributed by atoms with Gasteiger partial charge in [-0.25, -0.2) is 4.79 Å². The molecule has 0 unspecified atom stereocenters. The van der Waals surface area contributed by atoms with Gasteiger partial charge in [-0.3, -0.25) is 4.68 Å². The van der Waals surface area contributed by atoms with Crippen LogP contribution in [0.3, 0.4) is 0 Å². The van der Waals surface area contributed by atoms with Crippen LogP contribution in [0.1, 0.15) is 15.2 Å². The molecule has 1 aromatic carbocycles. The van der Waals surface area contributed by atoms with Gasteiger partial charge in [0, 0.05) is 10.3 Å². The van der Waals surface area contributed by atoms with Crippen LogP contribution in [0, 0.1) is 0 Å². The molecular formula is C14H10BrClN2O2S. The SMILES string of the molecule is COC(=O)c1ccc(Cl)c2cnn(Cc3ccc(Br)s3)c12. The average Bonchev–Trinajstić information content (AvgIpc) is 3.07. The van der Waals surface area contributed by atoms with E-state index in [1.807, 2.05) is 12.1 Å². The molecule has 3 aromatic rings. The van der Waals surface area contributed by atoms with Gasteiger partial charge in [0.2, 0.25) is 0 Å². The van der Waals surface area contributed by atoms with Crippen LogP contribution in [0.5, 0.6) is 0 Å². The monoisotopic (exact) mass is 384 g/mol. The molecule has 7 heteroatoms. The first-order valence-electron chi connectivity index (χ1n) is 6.06. The van der Waals surface area contributed by atoms with Gasteiger partial charge in [0.15, 0.2) is 0 Å². The molecule has 0 saturated carbocycles. The van der Waals surface area contributed by atoms with E-state index in [0.29, 0.717) is 22.6 Å². The van der Waals surface area contributed by atoms with Gasteiger partial charge in [-0.1, -0.05) is 11.6 Å². The summed E-state index contributed by atoms with van der Waals surface area (Å²) in [7, 11) is 1.36. The topological polar surface area (TPSA) is 44.1 Å². The van der Waals surface area contributed by atoms with Gasteiger partial charge >= 0.3 is 5.97 Å². The van der Waals surface area contributed by atoms with E-state index in [1.165, 1.54) is 7.11 Å².